The number of fused-ring (bicyclic) bond motifs is 3. The largest absolute Gasteiger partial charge is 0.340 e. The Morgan fingerprint density at radius 2 is 2.11 bits per heavy atom. The molecule has 142 valence electrons. The van der Waals surface area contributed by atoms with Gasteiger partial charge in [0.25, 0.3) is 0 Å². The zero-order valence-electron chi connectivity index (χ0n) is 15.0. The second-order valence-corrected chi connectivity index (χ2v) is 8.61. The quantitative estimate of drug-likeness (QED) is 0.813. The first-order valence-corrected chi connectivity index (χ1v) is 10.3. The first kappa shape index (κ1) is 17.1. The number of hydrogen-bond donors (Lipinski definition) is 1. The average Bonchev–Trinajstić information content (AvgIpc) is 3.20. The van der Waals surface area contributed by atoms with Crippen LogP contribution in [0.25, 0.3) is 0 Å². The maximum absolute atomic E-state index is 12.9. The highest BCUT2D eigenvalue weighted by atomic mass is 32.1. The SMILES string of the molecule is O=C(Cc1ccc(F)nc1)N1CCc2nc(N3C4CCC3CNC4)sc2C1. The van der Waals surface area contributed by atoms with Gasteiger partial charge in [0.1, 0.15) is 0 Å². The Balaban J connectivity index is 1.29. The highest BCUT2D eigenvalue weighted by Crippen LogP contribution is 2.38. The number of amides is 1. The Labute approximate surface area is 161 Å². The molecule has 5 heterocycles. The summed E-state index contributed by atoms with van der Waals surface area (Å²) < 4.78 is 12.9. The summed E-state index contributed by atoms with van der Waals surface area (Å²) in [5.41, 5.74) is 1.90. The number of carbonyl (C=O) groups is 1. The molecule has 27 heavy (non-hydrogen) atoms. The Hall–Kier alpha value is -2.06. The number of halogens is 1. The van der Waals surface area contributed by atoms with E-state index < -0.39 is 5.95 Å². The third kappa shape index (κ3) is 3.21. The minimum atomic E-state index is -0.520. The lowest BCUT2D eigenvalue weighted by atomic mass is 10.1. The van der Waals surface area contributed by atoms with Gasteiger partial charge in [0.15, 0.2) is 5.13 Å². The van der Waals surface area contributed by atoms with Gasteiger partial charge in [0.2, 0.25) is 11.9 Å². The fraction of sp³-hybridized carbons (Fsp3) is 0.526. The summed E-state index contributed by atoms with van der Waals surface area (Å²) in [6, 6.07) is 4.04. The van der Waals surface area contributed by atoms with Gasteiger partial charge in [-0.25, -0.2) is 9.97 Å². The first-order chi connectivity index (χ1) is 13.2. The van der Waals surface area contributed by atoms with Gasteiger partial charge >= 0.3 is 0 Å². The highest BCUT2D eigenvalue weighted by molar-refractivity contribution is 7.15. The maximum atomic E-state index is 12.9. The number of hydrogen-bond acceptors (Lipinski definition) is 6. The standard InChI is InChI=1S/C19H22FN5OS/c20-17-4-1-12(8-22-17)7-18(26)24-6-5-15-16(11-24)27-19(23-15)25-13-2-3-14(25)10-21-9-13/h1,4,8,13-14,21H,2-3,5-7,9-11H2. The van der Waals surface area contributed by atoms with Crippen LogP contribution in [0.2, 0.25) is 0 Å². The lowest BCUT2D eigenvalue weighted by Crippen LogP contribution is -2.51. The van der Waals surface area contributed by atoms with Gasteiger partial charge in [0, 0.05) is 49.2 Å². The highest BCUT2D eigenvalue weighted by Gasteiger charge is 2.39. The number of pyridine rings is 1. The van der Waals surface area contributed by atoms with Gasteiger partial charge in [-0.15, -0.1) is 0 Å². The number of rotatable bonds is 3. The molecule has 0 spiro atoms. The topological polar surface area (TPSA) is 61.4 Å². The summed E-state index contributed by atoms with van der Waals surface area (Å²) in [7, 11) is 0. The van der Waals surface area contributed by atoms with Crippen LogP contribution in [-0.2, 0) is 24.2 Å². The second kappa shape index (κ2) is 6.83. The summed E-state index contributed by atoms with van der Waals surface area (Å²) in [5, 5.41) is 4.64. The minimum Gasteiger partial charge on any atom is -0.340 e. The van der Waals surface area contributed by atoms with Crippen molar-refractivity contribution in [1.29, 1.82) is 0 Å². The molecule has 0 aromatic carbocycles. The fourth-order valence-electron chi connectivity index (χ4n) is 4.39. The smallest absolute Gasteiger partial charge is 0.227 e. The number of piperazine rings is 1. The van der Waals surface area contributed by atoms with Crippen LogP contribution in [0.5, 0.6) is 0 Å². The molecule has 2 aromatic rings. The molecule has 2 fully saturated rings. The summed E-state index contributed by atoms with van der Waals surface area (Å²) in [6.45, 7) is 3.40. The molecule has 2 atom stereocenters. The molecule has 0 aliphatic carbocycles. The summed E-state index contributed by atoms with van der Waals surface area (Å²) in [5.74, 6) is -0.459. The average molecular weight is 387 g/mol. The van der Waals surface area contributed by atoms with Gasteiger partial charge < -0.3 is 15.1 Å². The Kier molecular flexibility index (Phi) is 4.32. The van der Waals surface area contributed by atoms with Gasteiger partial charge in [-0.05, 0) is 24.5 Å². The van der Waals surface area contributed by atoms with Crippen LogP contribution in [-0.4, -0.2) is 52.5 Å². The van der Waals surface area contributed by atoms with Crippen LogP contribution in [0.3, 0.4) is 0 Å². The number of nitrogens with one attached hydrogen (secondary N) is 1. The van der Waals surface area contributed by atoms with E-state index >= 15 is 0 Å². The first-order valence-electron chi connectivity index (χ1n) is 9.53. The van der Waals surface area contributed by atoms with Gasteiger partial charge in [0.05, 0.1) is 18.7 Å². The van der Waals surface area contributed by atoms with Crippen molar-refractivity contribution < 1.29 is 9.18 Å². The van der Waals surface area contributed by atoms with Crippen LogP contribution in [0.1, 0.15) is 29.0 Å². The predicted octanol–water partition coefficient (Wildman–Crippen LogP) is 1.75. The molecule has 6 nitrogen and oxygen atoms in total. The van der Waals surface area contributed by atoms with E-state index in [4.69, 9.17) is 4.98 Å². The normalized spacial score (nSPS) is 24.2. The summed E-state index contributed by atoms with van der Waals surface area (Å²) in [6.07, 6.45) is 4.97. The Morgan fingerprint density at radius 1 is 1.30 bits per heavy atom. The number of thiazole rings is 1. The van der Waals surface area contributed by atoms with Crippen molar-refractivity contribution in [1.82, 2.24) is 20.2 Å². The molecule has 0 radical (unpaired) electrons. The molecule has 2 bridgehead atoms. The van der Waals surface area contributed by atoms with E-state index in [1.807, 2.05) is 4.90 Å². The van der Waals surface area contributed by atoms with Crippen molar-refractivity contribution in [3.8, 4) is 0 Å². The van der Waals surface area contributed by atoms with Crippen LogP contribution in [0.15, 0.2) is 18.3 Å². The minimum absolute atomic E-state index is 0.0613. The van der Waals surface area contributed by atoms with E-state index in [9.17, 15) is 9.18 Å². The van der Waals surface area contributed by atoms with Crippen molar-refractivity contribution >= 4 is 22.4 Å². The predicted molar refractivity (Wildman–Crippen MR) is 101 cm³/mol. The van der Waals surface area contributed by atoms with Gasteiger partial charge in [-0.2, -0.15) is 4.39 Å². The molecule has 3 aliphatic rings. The van der Waals surface area contributed by atoms with Crippen molar-refractivity contribution in [2.24, 2.45) is 0 Å². The second-order valence-electron chi connectivity index (χ2n) is 7.55. The van der Waals surface area contributed by atoms with E-state index in [1.165, 1.54) is 30.0 Å². The van der Waals surface area contributed by atoms with E-state index in [2.05, 4.69) is 15.2 Å². The van der Waals surface area contributed by atoms with E-state index in [0.29, 0.717) is 25.2 Å². The number of anilines is 1. The summed E-state index contributed by atoms with van der Waals surface area (Å²) in [4.78, 5) is 26.8. The zero-order chi connectivity index (χ0) is 18.4. The molecule has 0 saturated carbocycles. The van der Waals surface area contributed by atoms with Crippen molar-refractivity contribution in [2.45, 2.75) is 44.3 Å². The molecule has 1 N–H and O–H groups in total. The van der Waals surface area contributed by atoms with Crippen LogP contribution < -0.4 is 10.2 Å². The van der Waals surface area contributed by atoms with Crippen LogP contribution in [0.4, 0.5) is 9.52 Å². The lowest BCUT2D eigenvalue weighted by molar-refractivity contribution is -0.131. The van der Waals surface area contributed by atoms with Crippen molar-refractivity contribution in [3.63, 3.8) is 0 Å². The van der Waals surface area contributed by atoms with E-state index in [-0.39, 0.29) is 12.3 Å². The number of aromatic nitrogens is 2. The monoisotopic (exact) mass is 387 g/mol. The summed E-state index contributed by atoms with van der Waals surface area (Å²) >= 11 is 1.75. The lowest BCUT2D eigenvalue weighted by Gasteiger charge is -2.35. The Bertz CT molecular complexity index is 838. The molecule has 2 saturated heterocycles. The molecule has 1 amide bonds. The molecular formula is C19H22FN5OS. The third-order valence-corrected chi connectivity index (χ3v) is 6.91. The van der Waals surface area contributed by atoms with Gasteiger partial charge in [-0.3, -0.25) is 4.79 Å². The van der Waals surface area contributed by atoms with Crippen LogP contribution >= 0.6 is 11.3 Å². The molecular weight excluding hydrogens is 365 g/mol. The van der Waals surface area contributed by atoms with E-state index in [1.54, 1.807) is 17.4 Å². The van der Waals surface area contributed by atoms with E-state index in [0.717, 1.165) is 35.9 Å². The third-order valence-electron chi connectivity index (χ3n) is 5.82. The zero-order valence-corrected chi connectivity index (χ0v) is 15.8. The molecule has 3 aliphatic heterocycles. The van der Waals surface area contributed by atoms with Crippen molar-refractivity contribution in [3.05, 3.63) is 40.4 Å². The maximum Gasteiger partial charge on any atom is 0.227 e. The fourth-order valence-corrected chi connectivity index (χ4v) is 5.66. The molecule has 5 rings (SSSR count). The van der Waals surface area contributed by atoms with Crippen LogP contribution in [0, 0.1) is 5.95 Å². The molecule has 2 aromatic heterocycles. The molecule has 8 heteroatoms. The number of nitrogens with zero attached hydrogens (tertiary/aromatic N) is 4. The van der Waals surface area contributed by atoms with Gasteiger partial charge in [-0.1, -0.05) is 17.4 Å². The molecule has 2 unspecified atom stereocenters. The van der Waals surface area contributed by atoms with Crippen molar-refractivity contribution in [2.75, 3.05) is 24.5 Å². The Morgan fingerprint density at radius 3 is 2.85 bits per heavy atom. The number of carbonyl (C=O) groups excluding carboxylic acids is 1.